The zero-order chi connectivity index (χ0) is 26.9. The average molecular weight is 520 g/mol. The summed E-state index contributed by atoms with van der Waals surface area (Å²) in [6.07, 6.45) is 5.82. The second kappa shape index (κ2) is 17.2. The molecule has 0 aromatic heterocycles. The molecule has 0 radical (unpaired) electrons. The van der Waals surface area contributed by atoms with Crippen LogP contribution in [-0.2, 0) is 43.0 Å². The van der Waals surface area contributed by atoms with Gasteiger partial charge in [-0.15, -0.1) is 0 Å². The van der Waals surface area contributed by atoms with Crippen molar-refractivity contribution in [2.24, 2.45) is 11.3 Å². The van der Waals surface area contributed by atoms with Gasteiger partial charge in [-0.2, -0.15) is 18.6 Å². The Morgan fingerprint density at radius 3 is 1.80 bits per heavy atom. The van der Waals surface area contributed by atoms with E-state index >= 15 is 0 Å². The van der Waals surface area contributed by atoms with Gasteiger partial charge in [0.2, 0.25) is 0 Å². The van der Waals surface area contributed by atoms with Crippen LogP contribution in [0.15, 0.2) is 24.3 Å². The van der Waals surface area contributed by atoms with Gasteiger partial charge in [-0.1, -0.05) is 58.6 Å². The summed E-state index contributed by atoms with van der Waals surface area (Å²) in [7, 11) is -3.70. The zero-order valence-corrected chi connectivity index (χ0v) is 22.1. The summed E-state index contributed by atoms with van der Waals surface area (Å²) in [5.41, 5.74) is -1.00. The van der Waals surface area contributed by atoms with Gasteiger partial charge in [0.05, 0.1) is 12.4 Å². The van der Waals surface area contributed by atoms with Crippen LogP contribution >= 0.6 is 0 Å². The third-order valence-corrected chi connectivity index (χ3v) is 6.35. The van der Waals surface area contributed by atoms with Crippen LogP contribution in [0.1, 0.15) is 78.6 Å². The maximum absolute atomic E-state index is 13.2. The minimum absolute atomic E-state index is 0.0819. The number of esters is 3. The topological polar surface area (TPSA) is 148 Å². The summed E-state index contributed by atoms with van der Waals surface area (Å²) in [5, 5.41) is 0. The van der Waals surface area contributed by atoms with Gasteiger partial charge in [0.1, 0.15) is 18.6 Å². The number of nitrogens with two attached hydrogens (primary N) is 1. The Labute approximate surface area is 209 Å². The van der Waals surface area contributed by atoms with Crippen LogP contribution in [0.3, 0.4) is 0 Å². The normalized spacial score (nSPS) is 11.5. The van der Waals surface area contributed by atoms with E-state index in [4.69, 9.17) is 20.1 Å². The number of carbonyl (C=O) groups excluding carboxylic acids is 3. The van der Waals surface area contributed by atoms with E-state index in [1.807, 2.05) is 0 Å². The maximum atomic E-state index is 13.2. The molecule has 0 aliphatic rings. The van der Waals surface area contributed by atoms with E-state index in [0.717, 1.165) is 19.3 Å². The highest BCUT2D eigenvalue weighted by Crippen LogP contribution is 2.30. The largest absolute Gasteiger partial charge is 0.465 e. The summed E-state index contributed by atoms with van der Waals surface area (Å²) in [5.74, 6) is 2.57. The lowest BCUT2D eigenvalue weighted by molar-refractivity contribution is -0.171. The molecule has 10 nitrogen and oxygen atoms in total. The number of carbonyl (C=O) groups is 3. The SMILES string of the molecule is C=C(C)C(=O)OCC(CCCCCC)(COC(=O)C(=C)C)C(=O)OCCCCCCS(=O)(=O)ON. The Morgan fingerprint density at radius 2 is 1.31 bits per heavy atom. The Bertz CT molecular complexity index is 791. The van der Waals surface area contributed by atoms with Crippen LogP contribution < -0.4 is 5.90 Å². The Hall–Kier alpha value is -2.24. The summed E-state index contributed by atoms with van der Waals surface area (Å²) in [6.45, 7) is 11.6. The van der Waals surface area contributed by atoms with Crippen LogP contribution in [0, 0.1) is 5.41 Å². The van der Waals surface area contributed by atoms with Crippen molar-refractivity contribution in [2.75, 3.05) is 25.6 Å². The molecule has 0 rings (SSSR count). The highest BCUT2D eigenvalue weighted by Gasteiger charge is 2.43. The molecule has 0 spiro atoms. The van der Waals surface area contributed by atoms with Crippen molar-refractivity contribution in [3.8, 4) is 0 Å². The van der Waals surface area contributed by atoms with Crippen LogP contribution in [-0.4, -0.2) is 51.9 Å². The molecule has 202 valence electrons. The number of hydrogen-bond donors (Lipinski definition) is 1. The molecule has 0 amide bonds. The van der Waals surface area contributed by atoms with E-state index in [-0.39, 0.29) is 36.7 Å². The molecule has 2 N–H and O–H groups in total. The first-order valence-corrected chi connectivity index (χ1v) is 13.4. The van der Waals surface area contributed by atoms with Gasteiger partial charge in [-0.3, -0.25) is 4.79 Å². The molecular weight excluding hydrogens is 478 g/mol. The smallest absolute Gasteiger partial charge is 0.333 e. The highest BCUT2D eigenvalue weighted by molar-refractivity contribution is 7.86. The fraction of sp³-hybridized carbons (Fsp3) is 0.708. The Kier molecular flexibility index (Phi) is 16.1. The molecular formula is C24H41NO9S. The number of unbranched alkanes of at least 4 members (excludes halogenated alkanes) is 6. The van der Waals surface area contributed by atoms with E-state index in [0.29, 0.717) is 38.5 Å². The maximum Gasteiger partial charge on any atom is 0.333 e. The molecule has 0 saturated carbocycles. The van der Waals surface area contributed by atoms with Gasteiger partial charge < -0.3 is 14.2 Å². The van der Waals surface area contributed by atoms with E-state index in [1.165, 1.54) is 13.8 Å². The number of hydrogen-bond acceptors (Lipinski definition) is 10. The van der Waals surface area contributed by atoms with Crippen LogP contribution in [0.4, 0.5) is 0 Å². The van der Waals surface area contributed by atoms with Crippen LogP contribution in [0.2, 0.25) is 0 Å². The summed E-state index contributed by atoms with van der Waals surface area (Å²) >= 11 is 0. The molecule has 0 atom stereocenters. The molecule has 0 fully saturated rings. The molecule has 0 bridgehead atoms. The van der Waals surface area contributed by atoms with Crippen molar-refractivity contribution < 1.29 is 41.3 Å². The standard InChI is InChI=1S/C24H41NO9S/c1-6-7-8-11-14-24(17-32-21(26)19(2)3,18-33-22(27)20(4)5)23(28)31-15-12-9-10-13-16-35(29,30)34-25/h2,4,6-18,25H2,1,3,5H3. The van der Waals surface area contributed by atoms with Crippen molar-refractivity contribution in [2.45, 2.75) is 78.6 Å². The van der Waals surface area contributed by atoms with Crippen LogP contribution in [0.25, 0.3) is 0 Å². The quantitative estimate of drug-likeness (QED) is 0.0832. The molecule has 0 aliphatic carbocycles. The first kappa shape index (κ1) is 32.8. The molecule has 0 saturated heterocycles. The predicted molar refractivity (Wildman–Crippen MR) is 131 cm³/mol. The number of ether oxygens (including phenoxy) is 3. The lowest BCUT2D eigenvalue weighted by Crippen LogP contribution is -2.43. The minimum Gasteiger partial charge on any atom is -0.465 e. The summed E-state index contributed by atoms with van der Waals surface area (Å²) in [4.78, 5) is 37.3. The lowest BCUT2D eigenvalue weighted by atomic mass is 9.83. The van der Waals surface area contributed by atoms with Crippen LogP contribution in [0.5, 0.6) is 0 Å². The van der Waals surface area contributed by atoms with Crippen molar-refractivity contribution in [3.05, 3.63) is 24.3 Å². The Balaban J connectivity index is 5.23. The van der Waals surface area contributed by atoms with Gasteiger partial charge in [0.15, 0.2) is 0 Å². The monoisotopic (exact) mass is 519 g/mol. The molecule has 0 aromatic carbocycles. The van der Waals surface area contributed by atoms with E-state index in [1.54, 1.807) is 0 Å². The van der Waals surface area contributed by atoms with Gasteiger partial charge >= 0.3 is 17.9 Å². The van der Waals surface area contributed by atoms with E-state index in [9.17, 15) is 22.8 Å². The average Bonchev–Trinajstić information content (AvgIpc) is 2.81. The van der Waals surface area contributed by atoms with Gasteiger partial charge in [-0.05, 0) is 33.1 Å². The third kappa shape index (κ3) is 14.0. The third-order valence-electron chi connectivity index (χ3n) is 5.27. The second-order valence-corrected chi connectivity index (χ2v) is 10.4. The molecule has 0 unspecified atom stereocenters. The fourth-order valence-corrected chi connectivity index (χ4v) is 3.70. The Morgan fingerprint density at radius 1 is 0.800 bits per heavy atom. The first-order valence-electron chi connectivity index (χ1n) is 11.8. The van der Waals surface area contributed by atoms with Crippen molar-refractivity contribution in [1.82, 2.24) is 0 Å². The molecule has 0 heterocycles. The zero-order valence-electron chi connectivity index (χ0n) is 21.3. The summed E-state index contributed by atoms with van der Waals surface area (Å²) in [6, 6.07) is 0. The molecule has 11 heteroatoms. The van der Waals surface area contributed by atoms with Crippen molar-refractivity contribution in [1.29, 1.82) is 0 Å². The van der Waals surface area contributed by atoms with E-state index < -0.39 is 33.4 Å². The van der Waals surface area contributed by atoms with Gasteiger partial charge in [0.25, 0.3) is 10.1 Å². The molecule has 0 aliphatic heterocycles. The second-order valence-electron chi connectivity index (χ2n) is 8.71. The fourth-order valence-electron chi connectivity index (χ4n) is 3.05. The summed E-state index contributed by atoms with van der Waals surface area (Å²) < 4.78 is 42.5. The lowest BCUT2D eigenvalue weighted by Gasteiger charge is -2.30. The predicted octanol–water partition coefficient (Wildman–Crippen LogP) is 3.51. The minimum atomic E-state index is -3.70. The number of rotatable bonds is 20. The molecule has 35 heavy (non-hydrogen) atoms. The molecule has 0 aromatic rings. The van der Waals surface area contributed by atoms with Gasteiger partial charge in [0, 0.05) is 11.1 Å². The van der Waals surface area contributed by atoms with E-state index in [2.05, 4.69) is 24.4 Å². The van der Waals surface area contributed by atoms with Crippen molar-refractivity contribution >= 4 is 28.0 Å². The first-order chi connectivity index (χ1) is 16.4. The van der Waals surface area contributed by atoms with Crippen molar-refractivity contribution in [3.63, 3.8) is 0 Å². The highest BCUT2D eigenvalue weighted by atomic mass is 32.2. The van der Waals surface area contributed by atoms with Gasteiger partial charge in [-0.25, -0.2) is 9.59 Å².